The molecule has 40 valence electrons. The first-order valence-electron chi connectivity index (χ1n) is 2.40. The molecule has 0 aromatic carbocycles. The standard InChI is InChI=1S/C6H10O/c1-5(2)6(3)4-7/h5H,1-3H3. The molecule has 7 heavy (non-hydrogen) atoms. The molecule has 0 saturated heterocycles. The van der Waals surface area contributed by atoms with Crippen LogP contribution >= 0.6 is 0 Å². The normalized spacial score (nSPS) is 8.57. The summed E-state index contributed by atoms with van der Waals surface area (Å²) < 4.78 is 0. The lowest BCUT2D eigenvalue weighted by atomic mass is 10.1. The second-order valence-electron chi connectivity index (χ2n) is 1.94. The van der Waals surface area contributed by atoms with Gasteiger partial charge >= 0.3 is 0 Å². The second-order valence-corrected chi connectivity index (χ2v) is 1.94. The topological polar surface area (TPSA) is 17.1 Å². The van der Waals surface area contributed by atoms with Gasteiger partial charge in [-0.1, -0.05) is 13.8 Å². The Balaban J connectivity index is 3.81. The Labute approximate surface area is 44.0 Å². The maximum absolute atomic E-state index is 9.78. The molecule has 0 saturated carbocycles. The summed E-state index contributed by atoms with van der Waals surface area (Å²) in [4.78, 5) is 9.78. The second kappa shape index (κ2) is 2.59. The molecular weight excluding hydrogens is 88.1 g/mol. The molecule has 0 radical (unpaired) electrons. The van der Waals surface area contributed by atoms with E-state index in [1.165, 1.54) is 0 Å². The third kappa shape index (κ3) is 2.18. The Morgan fingerprint density at radius 1 is 1.57 bits per heavy atom. The van der Waals surface area contributed by atoms with E-state index < -0.39 is 0 Å². The van der Waals surface area contributed by atoms with Gasteiger partial charge in [0.25, 0.3) is 0 Å². The zero-order chi connectivity index (χ0) is 5.86. The monoisotopic (exact) mass is 98.1 g/mol. The van der Waals surface area contributed by atoms with Crippen molar-refractivity contribution in [2.75, 3.05) is 0 Å². The van der Waals surface area contributed by atoms with Crippen LogP contribution in [0.5, 0.6) is 0 Å². The number of allylic oxidation sites excluding steroid dienone is 1. The zero-order valence-corrected chi connectivity index (χ0v) is 4.99. The summed E-state index contributed by atoms with van der Waals surface area (Å²) in [5.41, 5.74) is 0.792. The third-order valence-corrected chi connectivity index (χ3v) is 1.03. The van der Waals surface area contributed by atoms with E-state index in [4.69, 9.17) is 0 Å². The Morgan fingerprint density at radius 2 is 2.00 bits per heavy atom. The van der Waals surface area contributed by atoms with Gasteiger partial charge in [-0.05, 0) is 12.8 Å². The van der Waals surface area contributed by atoms with Crippen molar-refractivity contribution in [3.05, 3.63) is 5.57 Å². The smallest absolute Gasteiger partial charge is 0.123 e. The Kier molecular flexibility index (Phi) is 2.39. The Bertz CT molecular complexity index is 96.7. The summed E-state index contributed by atoms with van der Waals surface area (Å²) in [7, 11) is 0. The van der Waals surface area contributed by atoms with Crippen LogP contribution in [0.3, 0.4) is 0 Å². The third-order valence-electron chi connectivity index (χ3n) is 1.03. The summed E-state index contributed by atoms with van der Waals surface area (Å²) >= 11 is 0. The van der Waals surface area contributed by atoms with Crippen LogP contribution in [0.15, 0.2) is 5.57 Å². The summed E-state index contributed by atoms with van der Waals surface area (Å²) in [6.45, 7) is 5.73. The van der Waals surface area contributed by atoms with Crippen molar-refractivity contribution >= 4 is 5.94 Å². The Hall–Kier alpha value is -0.550. The van der Waals surface area contributed by atoms with Gasteiger partial charge in [-0.2, -0.15) is 0 Å². The van der Waals surface area contributed by atoms with Gasteiger partial charge in [-0.15, -0.1) is 0 Å². The highest BCUT2D eigenvalue weighted by atomic mass is 16.1. The minimum absolute atomic E-state index is 0.359. The minimum atomic E-state index is 0.359. The molecule has 0 N–H and O–H groups in total. The van der Waals surface area contributed by atoms with E-state index in [2.05, 4.69) is 0 Å². The molecule has 0 amide bonds. The maximum Gasteiger partial charge on any atom is 0.123 e. The van der Waals surface area contributed by atoms with Crippen LogP contribution in [0.1, 0.15) is 20.8 Å². The predicted molar refractivity (Wildman–Crippen MR) is 29.7 cm³/mol. The van der Waals surface area contributed by atoms with Crippen molar-refractivity contribution in [3.8, 4) is 0 Å². The van der Waals surface area contributed by atoms with E-state index in [9.17, 15) is 4.79 Å². The summed E-state index contributed by atoms with van der Waals surface area (Å²) in [6, 6.07) is 0. The molecule has 0 bridgehead atoms. The van der Waals surface area contributed by atoms with Gasteiger partial charge in [0.05, 0.1) is 0 Å². The predicted octanol–water partition coefficient (Wildman–Crippen LogP) is 1.42. The lowest BCUT2D eigenvalue weighted by Gasteiger charge is -1.94. The van der Waals surface area contributed by atoms with Crippen LogP contribution in [0, 0.1) is 5.92 Å². The molecule has 0 aliphatic rings. The Morgan fingerprint density at radius 3 is 2.00 bits per heavy atom. The molecule has 1 nitrogen and oxygen atoms in total. The van der Waals surface area contributed by atoms with Gasteiger partial charge in [-0.3, -0.25) is 0 Å². The molecule has 0 aromatic heterocycles. The largest absolute Gasteiger partial charge is 0.234 e. The van der Waals surface area contributed by atoms with E-state index in [0.29, 0.717) is 5.92 Å². The van der Waals surface area contributed by atoms with Gasteiger partial charge in [-0.25, -0.2) is 4.79 Å². The first-order chi connectivity index (χ1) is 3.18. The molecule has 0 unspecified atom stereocenters. The summed E-state index contributed by atoms with van der Waals surface area (Å²) in [5, 5.41) is 0. The molecule has 0 fully saturated rings. The fraction of sp³-hybridized carbons (Fsp3) is 0.667. The SMILES string of the molecule is CC(=C=O)C(C)C. The molecule has 0 aliphatic heterocycles. The van der Waals surface area contributed by atoms with Crippen molar-refractivity contribution in [3.63, 3.8) is 0 Å². The van der Waals surface area contributed by atoms with E-state index in [1.807, 2.05) is 19.8 Å². The fourth-order valence-corrected chi connectivity index (χ4v) is 0.118. The number of hydrogen-bond acceptors (Lipinski definition) is 1. The lowest BCUT2D eigenvalue weighted by molar-refractivity contribution is 0.563. The van der Waals surface area contributed by atoms with Gasteiger partial charge in [0.1, 0.15) is 5.94 Å². The first-order valence-corrected chi connectivity index (χ1v) is 2.40. The van der Waals surface area contributed by atoms with E-state index in [0.717, 1.165) is 5.57 Å². The van der Waals surface area contributed by atoms with Crippen molar-refractivity contribution in [1.82, 2.24) is 0 Å². The first kappa shape index (κ1) is 6.45. The van der Waals surface area contributed by atoms with Crippen molar-refractivity contribution < 1.29 is 4.79 Å². The van der Waals surface area contributed by atoms with Crippen LogP contribution < -0.4 is 0 Å². The van der Waals surface area contributed by atoms with Crippen LogP contribution in [-0.4, -0.2) is 5.94 Å². The van der Waals surface area contributed by atoms with Crippen LogP contribution in [-0.2, 0) is 4.79 Å². The molecule has 0 aliphatic carbocycles. The van der Waals surface area contributed by atoms with Crippen LogP contribution in [0.2, 0.25) is 0 Å². The maximum atomic E-state index is 9.78. The molecular formula is C6H10O. The molecule has 0 spiro atoms. The van der Waals surface area contributed by atoms with E-state index in [-0.39, 0.29) is 0 Å². The summed E-state index contributed by atoms with van der Waals surface area (Å²) in [6.07, 6.45) is 0. The van der Waals surface area contributed by atoms with Gasteiger partial charge < -0.3 is 0 Å². The van der Waals surface area contributed by atoms with Gasteiger partial charge in [0.15, 0.2) is 0 Å². The average Bonchev–Trinajstić information content (AvgIpc) is 1.65. The van der Waals surface area contributed by atoms with E-state index in [1.54, 1.807) is 6.92 Å². The molecule has 0 heterocycles. The number of rotatable bonds is 1. The average molecular weight is 98.1 g/mol. The van der Waals surface area contributed by atoms with Crippen molar-refractivity contribution in [1.29, 1.82) is 0 Å². The van der Waals surface area contributed by atoms with Crippen molar-refractivity contribution in [2.45, 2.75) is 20.8 Å². The quantitative estimate of drug-likeness (QED) is 0.453. The molecule has 0 rings (SSSR count). The van der Waals surface area contributed by atoms with E-state index >= 15 is 0 Å². The molecule has 0 aromatic rings. The van der Waals surface area contributed by atoms with Crippen LogP contribution in [0.4, 0.5) is 0 Å². The fourth-order valence-electron chi connectivity index (χ4n) is 0.118. The minimum Gasteiger partial charge on any atom is -0.234 e. The lowest BCUT2D eigenvalue weighted by Crippen LogP contribution is -1.87. The van der Waals surface area contributed by atoms with Gasteiger partial charge in [0.2, 0.25) is 0 Å². The molecule has 1 heteroatoms. The zero-order valence-electron chi connectivity index (χ0n) is 4.99. The van der Waals surface area contributed by atoms with Gasteiger partial charge in [0, 0.05) is 5.57 Å². The number of carbonyl (C=O) groups excluding carboxylic acids is 1. The highest BCUT2D eigenvalue weighted by Crippen LogP contribution is 2.01. The highest BCUT2D eigenvalue weighted by molar-refractivity contribution is 5.51. The summed E-state index contributed by atoms with van der Waals surface area (Å²) in [5.74, 6) is 2.19. The molecule has 0 atom stereocenters. The van der Waals surface area contributed by atoms with Crippen molar-refractivity contribution in [2.24, 2.45) is 5.92 Å². The number of hydrogen-bond donors (Lipinski definition) is 0. The highest BCUT2D eigenvalue weighted by Gasteiger charge is 1.92. The van der Waals surface area contributed by atoms with Crippen LogP contribution in [0.25, 0.3) is 0 Å².